The molecule has 2 unspecified atom stereocenters. The molecule has 0 fully saturated rings. The Balaban J connectivity index is 1.52. The molecular weight excluding hydrogens is 770 g/mol. The summed E-state index contributed by atoms with van der Waals surface area (Å²) in [5, 5.41) is 0. The van der Waals surface area contributed by atoms with Crippen molar-refractivity contribution >= 4 is 40.1 Å². The van der Waals surface area contributed by atoms with Gasteiger partial charge in [0.05, 0.1) is 0 Å². The second-order valence-corrected chi connectivity index (χ2v) is 118. The normalized spacial score (nSPS) is 19.8. The second kappa shape index (κ2) is 9.88. The van der Waals surface area contributed by atoms with Gasteiger partial charge >= 0.3 is 274 Å². The second-order valence-electron chi connectivity index (χ2n) is 14.9. The van der Waals surface area contributed by atoms with Gasteiger partial charge in [-0.2, -0.15) is 0 Å². The molecule has 0 aliphatic heterocycles. The molecule has 5 aromatic carbocycles. The number of hydrogen-bond donors (Lipinski definition) is 0. The Morgan fingerprint density at radius 2 is 0.911 bits per heavy atom. The van der Waals surface area contributed by atoms with Crippen LogP contribution in [0.1, 0.15) is 56.3 Å². The van der Waals surface area contributed by atoms with E-state index in [-0.39, 0.29) is 7.35 Å². The maximum atomic E-state index is 9.10. The molecule has 0 saturated heterocycles. The molecule has 0 amide bonds. The topological polar surface area (TPSA) is 0 Å². The van der Waals surface area contributed by atoms with Crippen LogP contribution < -0.4 is 3.32 Å². The van der Waals surface area contributed by atoms with E-state index >= 15 is 0 Å². The molecule has 4 heteroatoms. The van der Waals surface area contributed by atoms with Gasteiger partial charge in [-0.3, -0.25) is 0 Å². The van der Waals surface area contributed by atoms with Gasteiger partial charge < -0.3 is 0 Å². The Morgan fingerprint density at radius 3 is 1.29 bits per heavy atom. The first-order chi connectivity index (χ1) is 21.4. The third kappa shape index (κ3) is 4.47. The molecule has 0 nitrogen and oxygen atoms in total. The first-order valence-electron chi connectivity index (χ1n) is 16.3. The summed E-state index contributed by atoms with van der Waals surface area (Å²) < 4.78 is 3.41. The molecule has 0 heterocycles. The summed E-state index contributed by atoms with van der Waals surface area (Å²) in [5.41, 5.74) is 12.7. The van der Waals surface area contributed by atoms with Crippen LogP contribution in [0.2, 0.25) is 4.68 Å². The van der Waals surface area contributed by atoms with Crippen LogP contribution in [-0.4, -0.2) is 7.43 Å². The predicted octanol–water partition coefficient (Wildman–Crippen LogP) is 11.1. The number of benzene rings is 5. The number of allylic oxidation sites excluding steroid dienone is 2. The molecule has 2 aliphatic carbocycles. The Morgan fingerprint density at radius 1 is 0.533 bits per heavy atom. The van der Waals surface area contributed by atoms with Crippen molar-refractivity contribution in [3.63, 3.8) is 0 Å². The third-order valence-electron chi connectivity index (χ3n) is 11.4. The van der Waals surface area contributed by atoms with E-state index in [1.807, 2.05) is 0 Å². The zero-order valence-electron chi connectivity index (χ0n) is 26.6. The number of rotatable bonds is 7. The van der Waals surface area contributed by atoms with Gasteiger partial charge in [-0.15, -0.1) is 0 Å². The first kappa shape index (κ1) is 30.9. The van der Waals surface area contributed by atoms with Gasteiger partial charge in [-0.1, -0.05) is 0 Å². The van der Waals surface area contributed by atoms with Crippen LogP contribution in [0.25, 0.3) is 34.4 Å². The molecule has 0 N–H and O–H groups in total. The van der Waals surface area contributed by atoms with Gasteiger partial charge in [-0.05, 0) is 0 Å². The predicted molar refractivity (Wildman–Crippen MR) is 199 cm³/mol. The van der Waals surface area contributed by atoms with Crippen LogP contribution in [0, 0.1) is 0 Å². The zero-order valence-corrected chi connectivity index (χ0v) is 33.7. The van der Waals surface area contributed by atoms with Crippen molar-refractivity contribution in [1.82, 2.24) is 0 Å². The van der Waals surface area contributed by atoms with E-state index in [0.717, 1.165) is 16.2 Å². The molecule has 7 rings (SSSR count). The van der Waals surface area contributed by atoms with Crippen LogP contribution in [-0.2, 0) is 12.4 Å². The molecule has 227 valence electrons. The number of hydrogen-bond acceptors (Lipinski definition) is 0. The fourth-order valence-corrected chi connectivity index (χ4v) is 65.4. The molecule has 5 aromatic rings. The van der Waals surface area contributed by atoms with Crippen molar-refractivity contribution in [1.29, 1.82) is 0 Å². The van der Waals surface area contributed by atoms with Crippen molar-refractivity contribution in [2.24, 2.45) is 0 Å². The maximum absolute atomic E-state index is 9.10. The van der Waals surface area contributed by atoms with Gasteiger partial charge in [0.1, 0.15) is 0 Å². The molecule has 0 aromatic heterocycles. The average molecular weight is 811 g/mol. The minimum absolute atomic E-state index is 0.0730. The summed E-state index contributed by atoms with van der Waals surface area (Å²) in [5.74, 6) is 0. The number of fused-ring (bicyclic) bond motifs is 2. The monoisotopic (exact) mass is 811 g/mol. The van der Waals surface area contributed by atoms with Crippen molar-refractivity contribution in [3.05, 3.63) is 161 Å². The molecule has 2 atom stereocenters. The summed E-state index contributed by atoms with van der Waals surface area (Å²) in [6.07, 6.45) is 6.63. The van der Waals surface area contributed by atoms with E-state index < -0.39 is 12.4 Å². The van der Waals surface area contributed by atoms with Crippen LogP contribution in [0.5, 0.6) is 0 Å². The van der Waals surface area contributed by atoms with Crippen LogP contribution in [0.15, 0.2) is 139 Å². The first-order valence-corrected chi connectivity index (χ1v) is 46.6. The molecular formula is C41H41Cl2HfSi. The summed E-state index contributed by atoms with van der Waals surface area (Å²) in [6.45, 7) is 4.55. The fraction of sp³-hybridized carbons (Fsp3) is 0.171. The third-order valence-corrected chi connectivity index (χ3v) is 66.4. The molecule has 45 heavy (non-hydrogen) atoms. The van der Waals surface area contributed by atoms with E-state index in [1.54, 1.807) is 0 Å². The van der Waals surface area contributed by atoms with Gasteiger partial charge in [0.15, 0.2) is 0 Å². The molecule has 0 radical (unpaired) electrons. The van der Waals surface area contributed by atoms with Crippen molar-refractivity contribution in [2.45, 2.75) is 38.7 Å². The van der Waals surface area contributed by atoms with Gasteiger partial charge in [0.2, 0.25) is 0 Å². The summed E-state index contributed by atoms with van der Waals surface area (Å²) in [6, 6.07) is 46.1. The molecule has 0 spiro atoms. The minimum atomic E-state index is -6.38. The van der Waals surface area contributed by atoms with Crippen LogP contribution in [0.3, 0.4) is 0 Å². The van der Waals surface area contributed by atoms with Crippen molar-refractivity contribution in [2.75, 3.05) is 0 Å². The van der Waals surface area contributed by atoms with Gasteiger partial charge in [0.25, 0.3) is 0 Å². The van der Waals surface area contributed by atoms with E-state index in [1.165, 1.54) is 55.7 Å². The average Bonchev–Trinajstić information content (AvgIpc) is 3.66. The SMILES string of the molecule is CCC1=Cc2cc(-c3ccccc3)ccc2[CH]1[Hf]([CH3])([SiH3])([Cl])([Cl])([c]1ccccc1)[CH]1C(CC)=Cc2cc(-c3ccccc3)ccc21. The number of halogens is 2. The van der Waals surface area contributed by atoms with Crippen molar-refractivity contribution in [3.8, 4) is 22.3 Å². The summed E-state index contributed by atoms with van der Waals surface area (Å²) in [4.78, 5) is 0. The van der Waals surface area contributed by atoms with E-state index in [9.17, 15) is 0 Å². The quantitative estimate of drug-likeness (QED) is 0.144. The zero-order chi connectivity index (χ0) is 31.6. The van der Waals surface area contributed by atoms with Crippen LogP contribution in [0.4, 0.5) is 0 Å². The Kier molecular flexibility index (Phi) is 6.78. The molecule has 0 bridgehead atoms. The van der Waals surface area contributed by atoms with Gasteiger partial charge in [-0.25, -0.2) is 0 Å². The Hall–Kier alpha value is -2.75. The summed E-state index contributed by atoms with van der Waals surface area (Å²) >= 11 is -6.38. The van der Waals surface area contributed by atoms with E-state index in [4.69, 9.17) is 17.2 Å². The standard InChI is InChI=1S/2C17H15.C6H5.CH3.2ClH.Hf.H3Si/c2*1-2-13-10-15-8-9-16(12-17(15)11-13)14-6-4-3-5-7-14;1-2-4-6-5-3-1;;;;;/h2*3-12H,2H2,1H3;1-5H;1H3;2*1H;;1H3/q;;;;;;+2;/p-2. The van der Waals surface area contributed by atoms with Crippen LogP contribution >= 0.6 is 17.2 Å². The van der Waals surface area contributed by atoms with E-state index in [2.05, 4.69) is 158 Å². The molecule has 0 saturated carbocycles. The van der Waals surface area contributed by atoms with Gasteiger partial charge in [0, 0.05) is 0 Å². The molecule has 2 aliphatic rings. The van der Waals surface area contributed by atoms with E-state index in [0.29, 0.717) is 7.43 Å². The van der Waals surface area contributed by atoms with Crippen molar-refractivity contribution < 1.29 is 12.4 Å². The fourth-order valence-electron chi connectivity index (χ4n) is 9.33. The summed E-state index contributed by atoms with van der Waals surface area (Å²) in [7, 11) is 18.8. The Labute approximate surface area is 272 Å². The Bertz CT molecular complexity index is 1910.